The topological polar surface area (TPSA) is 172 Å². The van der Waals surface area contributed by atoms with Crippen LogP contribution in [0, 0.1) is 27.7 Å². The van der Waals surface area contributed by atoms with Gasteiger partial charge in [0.05, 0.1) is 25.6 Å². The van der Waals surface area contributed by atoms with E-state index >= 15 is 0 Å². The van der Waals surface area contributed by atoms with Crippen LogP contribution in [0.15, 0.2) is 82.6 Å². The lowest BCUT2D eigenvalue weighted by Crippen LogP contribution is -2.06. The average Bonchev–Trinajstić information content (AvgIpc) is 3.09. The van der Waals surface area contributed by atoms with E-state index in [-0.39, 0.29) is 11.9 Å². The molecule has 0 radical (unpaired) electrons. The first-order chi connectivity index (χ1) is 24.1. The number of nitrogens with two attached hydrogens (primary N) is 2. The summed E-state index contributed by atoms with van der Waals surface area (Å²) in [7, 11) is 6.45. The normalized spacial score (nSPS) is 10.9. The van der Waals surface area contributed by atoms with E-state index in [0.717, 1.165) is 66.0 Å². The Morgan fingerprint density at radius 3 is 1.50 bits per heavy atom. The fraction of sp³-hybridized carbons (Fsp3) is 0.167. The first-order valence-electron chi connectivity index (χ1n) is 15.5. The highest BCUT2D eigenvalue weighted by Crippen LogP contribution is 2.44. The molecule has 0 saturated heterocycles. The van der Waals surface area contributed by atoms with Gasteiger partial charge in [0.1, 0.15) is 11.5 Å². The van der Waals surface area contributed by atoms with Crippen molar-refractivity contribution < 1.29 is 9.47 Å². The van der Waals surface area contributed by atoms with Crippen LogP contribution in [0.25, 0.3) is 22.8 Å². The van der Waals surface area contributed by atoms with Gasteiger partial charge < -0.3 is 31.6 Å². The zero-order valence-corrected chi connectivity index (χ0v) is 30.0. The molecule has 0 aliphatic rings. The summed E-state index contributed by atoms with van der Waals surface area (Å²) < 4.78 is 11.1. The van der Waals surface area contributed by atoms with E-state index in [1.807, 2.05) is 100 Å². The molecule has 0 aliphatic carbocycles. The van der Waals surface area contributed by atoms with Gasteiger partial charge in [-0.2, -0.15) is 29.9 Å². The summed E-state index contributed by atoms with van der Waals surface area (Å²) in [5.74, 6) is 3.38. The van der Waals surface area contributed by atoms with E-state index in [1.165, 1.54) is 0 Å². The van der Waals surface area contributed by atoms with Gasteiger partial charge in [0.2, 0.25) is 23.8 Å². The molecule has 0 spiro atoms. The number of anilines is 6. The summed E-state index contributed by atoms with van der Waals surface area (Å²) in [6.07, 6.45) is 0. The second-order valence-electron chi connectivity index (χ2n) is 11.4. The molecular weight excluding hydrogens is 669 g/mol. The predicted octanol–water partition coefficient (Wildman–Crippen LogP) is 8.09. The van der Waals surface area contributed by atoms with Crippen LogP contribution >= 0.6 is 21.6 Å². The number of methoxy groups -OCH3 is 2. The van der Waals surface area contributed by atoms with E-state index in [9.17, 15) is 0 Å². The number of nitrogens with zero attached hydrogens (tertiary/aromatic N) is 6. The van der Waals surface area contributed by atoms with Crippen LogP contribution in [-0.4, -0.2) is 44.1 Å². The number of aromatic nitrogens is 6. The zero-order chi connectivity index (χ0) is 35.4. The highest BCUT2D eigenvalue weighted by Gasteiger charge is 2.16. The molecule has 6 N–H and O–H groups in total. The van der Waals surface area contributed by atoms with Crippen molar-refractivity contribution in [3.8, 4) is 34.3 Å². The van der Waals surface area contributed by atoms with Crippen molar-refractivity contribution in [2.24, 2.45) is 0 Å². The number of rotatable bonds is 11. The molecule has 2 heterocycles. The molecule has 50 heavy (non-hydrogen) atoms. The number of nitrogens with one attached hydrogen (secondary N) is 2. The van der Waals surface area contributed by atoms with Gasteiger partial charge in [-0.05, 0) is 98.5 Å². The Bertz CT molecular complexity index is 2180. The molecule has 4 aromatic carbocycles. The molecular formula is C36H36N10O2S2. The fourth-order valence-corrected chi connectivity index (χ4v) is 7.62. The standard InChI is InChI=1S/C36H36N10O2S2/c1-19-15-24(18-27(47-5)22(19)4)32-42-34(38)46-36(44-32)40-26-12-8-10-14-29(26)50-49-28-13-9-7-11-25(28)39-35-43-31(41-33(37)45-35)23-16-20(2)30(48-6)21(3)17-23/h7-18H,1-6H3,(H3,37,39,41,43,45)(H3,38,40,42,44,46). The summed E-state index contributed by atoms with van der Waals surface area (Å²) in [5, 5.41) is 6.68. The minimum absolute atomic E-state index is 0.105. The monoisotopic (exact) mass is 704 g/mol. The van der Waals surface area contributed by atoms with E-state index in [0.29, 0.717) is 23.5 Å². The Labute approximate surface area is 298 Å². The van der Waals surface area contributed by atoms with Gasteiger partial charge in [-0.1, -0.05) is 45.9 Å². The second kappa shape index (κ2) is 14.9. The predicted molar refractivity (Wildman–Crippen MR) is 203 cm³/mol. The molecule has 0 saturated carbocycles. The summed E-state index contributed by atoms with van der Waals surface area (Å²) in [5.41, 5.74) is 19.6. The molecule has 0 unspecified atom stereocenters. The lowest BCUT2D eigenvalue weighted by Gasteiger charge is -2.14. The first-order valence-corrected chi connectivity index (χ1v) is 17.7. The van der Waals surface area contributed by atoms with Crippen molar-refractivity contribution in [1.82, 2.24) is 29.9 Å². The molecule has 6 rings (SSSR count). The Kier molecular flexibility index (Phi) is 10.2. The van der Waals surface area contributed by atoms with E-state index in [2.05, 4.69) is 35.6 Å². The zero-order valence-electron chi connectivity index (χ0n) is 28.4. The number of benzene rings is 4. The second-order valence-corrected chi connectivity index (χ2v) is 13.6. The van der Waals surface area contributed by atoms with Crippen molar-refractivity contribution in [2.75, 3.05) is 36.3 Å². The van der Waals surface area contributed by atoms with Gasteiger partial charge in [-0.3, -0.25) is 0 Å². The number of ether oxygens (including phenoxy) is 2. The molecule has 0 amide bonds. The largest absolute Gasteiger partial charge is 0.496 e. The minimum Gasteiger partial charge on any atom is -0.496 e. The Balaban J connectivity index is 1.22. The lowest BCUT2D eigenvalue weighted by molar-refractivity contribution is 0.408. The Morgan fingerprint density at radius 1 is 0.560 bits per heavy atom. The SMILES string of the molecule is COc1cc(-c2nc(N)nc(Nc3ccccc3SSc3ccccc3Nc3nc(N)nc(-c4cc(C)c(OC)c(C)c4)n3)n2)cc(C)c1C. The minimum atomic E-state index is 0.105. The fourth-order valence-electron chi connectivity index (χ4n) is 5.34. The van der Waals surface area contributed by atoms with Gasteiger partial charge in [-0.15, -0.1) is 0 Å². The van der Waals surface area contributed by atoms with Gasteiger partial charge in [0.25, 0.3) is 0 Å². The smallest absolute Gasteiger partial charge is 0.232 e. The highest BCUT2D eigenvalue weighted by molar-refractivity contribution is 8.76. The maximum Gasteiger partial charge on any atom is 0.232 e. The van der Waals surface area contributed by atoms with Crippen LogP contribution in [0.1, 0.15) is 22.3 Å². The summed E-state index contributed by atoms with van der Waals surface area (Å²) in [6.45, 7) is 8.00. The Hall–Kier alpha value is -5.60. The number of hydrogen-bond donors (Lipinski definition) is 4. The lowest BCUT2D eigenvalue weighted by atomic mass is 10.0. The summed E-state index contributed by atoms with van der Waals surface area (Å²) in [4.78, 5) is 28.8. The van der Waals surface area contributed by atoms with E-state index in [4.69, 9.17) is 25.9 Å². The van der Waals surface area contributed by atoms with Crippen LogP contribution < -0.4 is 31.6 Å². The van der Waals surface area contributed by atoms with Crippen molar-refractivity contribution in [3.63, 3.8) is 0 Å². The van der Waals surface area contributed by atoms with Crippen LogP contribution in [0.3, 0.4) is 0 Å². The molecule has 0 bridgehead atoms. The molecule has 254 valence electrons. The molecule has 6 aromatic rings. The van der Waals surface area contributed by atoms with E-state index in [1.54, 1.807) is 35.8 Å². The first kappa shape index (κ1) is 34.3. The number of nitrogen functional groups attached to an aromatic ring is 2. The molecule has 2 aromatic heterocycles. The van der Waals surface area contributed by atoms with Crippen molar-refractivity contribution in [1.29, 1.82) is 0 Å². The highest BCUT2D eigenvalue weighted by atomic mass is 33.1. The Morgan fingerprint density at radius 2 is 1.02 bits per heavy atom. The molecule has 0 atom stereocenters. The molecule has 14 heteroatoms. The molecule has 12 nitrogen and oxygen atoms in total. The van der Waals surface area contributed by atoms with E-state index < -0.39 is 0 Å². The summed E-state index contributed by atoms with van der Waals surface area (Å²) >= 11 is 0. The van der Waals surface area contributed by atoms with Crippen LogP contribution in [0.2, 0.25) is 0 Å². The number of aryl methyl sites for hydroxylation is 3. The van der Waals surface area contributed by atoms with Crippen LogP contribution in [-0.2, 0) is 0 Å². The summed E-state index contributed by atoms with van der Waals surface area (Å²) in [6, 6.07) is 23.7. The number of para-hydroxylation sites is 2. The van der Waals surface area contributed by atoms with Gasteiger partial charge in [0, 0.05) is 20.9 Å². The quantitative estimate of drug-likeness (QED) is 0.0953. The van der Waals surface area contributed by atoms with Crippen molar-refractivity contribution in [2.45, 2.75) is 37.5 Å². The van der Waals surface area contributed by atoms with Crippen molar-refractivity contribution >= 4 is 56.8 Å². The van der Waals surface area contributed by atoms with Gasteiger partial charge in [0.15, 0.2) is 11.6 Å². The maximum absolute atomic E-state index is 6.14. The molecule has 0 fully saturated rings. The third kappa shape index (κ3) is 7.66. The maximum atomic E-state index is 6.14. The number of hydrogen-bond acceptors (Lipinski definition) is 14. The van der Waals surface area contributed by atoms with Gasteiger partial charge in [-0.25, -0.2) is 0 Å². The van der Waals surface area contributed by atoms with Crippen LogP contribution in [0.5, 0.6) is 11.5 Å². The third-order valence-electron chi connectivity index (χ3n) is 7.81. The van der Waals surface area contributed by atoms with Gasteiger partial charge >= 0.3 is 0 Å². The molecule has 0 aliphatic heterocycles. The average molecular weight is 705 g/mol. The van der Waals surface area contributed by atoms with Crippen LogP contribution in [0.4, 0.5) is 35.2 Å². The van der Waals surface area contributed by atoms with Crippen molar-refractivity contribution in [3.05, 3.63) is 95.1 Å². The third-order valence-corrected chi connectivity index (χ3v) is 10.3.